The SMILES string of the molecule is CC1CNCCC1NC(=O)CNC(=O)CC1CCCCC1.Cl. The van der Waals surface area contributed by atoms with Crippen molar-refractivity contribution in [3.05, 3.63) is 0 Å². The number of carbonyl (C=O) groups is 2. The largest absolute Gasteiger partial charge is 0.351 e. The fourth-order valence-electron chi connectivity index (χ4n) is 3.39. The number of rotatable bonds is 5. The van der Waals surface area contributed by atoms with Crippen molar-refractivity contribution in [2.24, 2.45) is 11.8 Å². The van der Waals surface area contributed by atoms with Crippen LogP contribution in [-0.4, -0.2) is 37.5 Å². The number of nitrogens with one attached hydrogen (secondary N) is 3. The number of carbonyl (C=O) groups excluding carboxylic acids is 2. The van der Waals surface area contributed by atoms with E-state index in [1.807, 2.05) is 0 Å². The zero-order valence-electron chi connectivity index (χ0n) is 13.5. The molecule has 0 aromatic rings. The predicted molar refractivity (Wildman–Crippen MR) is 90.0 cm³/mol. The molecule has 2 fully saturated rings. The van der Waals surface area contributed by atoms with Gasteiger partial charge in [-0.15, -0.1) is 12.4 Å². The molecule has 2 aliphatic rings. The number of hydrogen-bond donors (Lipinski definition) is 3. The Morgan fingerprint density at radius 2 is 1.82 bits per heavy atom. The van der Waals surface area contributed by atoms with Gasteiger partial charge in [0.15, 0.2) is 0 Å². The molecular formula is C16H30ClN3O2. The highest BCUT2D eigenvalue weighted by molar-refractivity contribution is 5.85. The van der Waals surface area contributed by atoms with Crippen LogP contribution in [-0.2, 0) is 9.59 Å². The van der Waals surface area contributed by atoms with E-state index in [0.29, 0.717) is 18.3 Å². The molecule has 0 radical (unpaired) electrons. The normalized spacial score (nSPS) is 25.9. The Balaban J connectivity index is 0.00000242. The van der Waals surface area contributed by atoms with Gasteiger partial charge in [-0.1, -0.05) is 26.2 Å². The molecule has 22 heavy (non-hydrogen) atoms. The van der Waals surface area contributed by atoms with Crippen molar-refractivity contribution in [1.29, 1.82) is 0 Å². The molecule has 0 spiro atoms. The van der Waals surface area contributed by atoms with E-state index in [9.17, 15) is 9.59 Å². The van der Waals surface area contributed by atoms with Gasteiger partial charge in [-0.2, -0.15) is 0 Å². The Labute approximate surface area is 139 Å². The minimum Gasteiger partial charge on any atom is -0.351 e. The molecule has 2 rings (SSSR count). The van der Waals surface area contributed by atoms with Crippen molar-refractivity contribution < 1.29 is 9.59 Å². The van der Waals surface area contributed by atoms with Crippen LogP contribution in [0, 0.1) is 11.8 Å². The van der Waals surface area contributed by atoms with Gasteiger partial charge in [0.05, 0.1) is 6.54 Å². The summed E-state index contributed by atoms with van der Waals surface area (Å²) in [5.41, 5.74) is 0. The highest BCUT2D eigenvalue weighted by Gasteiger charge is 2.23. The van der Waals surface area contributed by atoms with E-state index < -0.39 is 0 Å². The molecule has 1 saturated heterocycles. The van der Waals surface area contributed by atoms with Crippen molar-refractivity contribution in [1.82, 2.24) is 16.0 Å². The number of piperidine rings is 1. The highest BCUT2D eigenvalue weighted by Crippen LogP contribution is 2.25. The summed E-state index contributed by atoms with van der Waals surface area (Å²) in [7, 11) is 0. The summed E-state index contributed by atoms with van der Waals surface area (Å²) in [6.45, 7) is 4.14. The van der Waals surface area contributed by atoms with Crippen LogP contribution >= 0.6 is 12.4 Å². The van der Waals surface area contributed by atoms with Crippen LogP contribution in [0.25, 0.3) is 0 Å². The summed E-state index contributed by atoms with van der Waals surface area (Å²) in [6.07, 6.45) is 7.64. The van der Waals surface area contributed by atoms with Gasteiger partial charge in [0.1, 0.15) is 0 Å². The third-order valence-corrected chi connectivity index (χ3v) is 4.78. The molecule has 1 aliphatic heterocycles. The monoisotopic (exact) mass is 331 g/mol. The number of amides is 2. The zero-order valence-corrected chi connectivity index (χ0v) is 14.3. The van der Waals surface area contributed by atoms with Gasteiger partial charge in [-0.05, 0) is 44.2 Å². The minimum absolute atomic E-state index is 0. The molecular weight excluding hydrogens is 302 g/mol. The summed E-state index contributed by atoms with van der Waals surface area (Å²) in [5.74, 6) is 0.924. The second kappa shape index (κ2) is 10.1. The second-order valence-corrected chi connectivity index (χ2v) is 6.63. The third kappa shape index (κ3) is 6.53. The summed E-state index contributed by atoms with van der Waals surface area (Å²) < 4.78 is 0. The fraction of sp³-hybridized carbons (Fsp3) is 0.875. The lowest BCUT2D eigenvalue weighted by Gasteiger charge is -2.30. The quantitative estimate of drug-likeness (QED) is 0.717. The van der Waals surface area contributed by atoms with Crippen LogP contribution in [0.4, 0.5) is 0 Å². The van der Waals surface area contributed by atoms with E-state index >= 15 is 0 Å². The van der Waals surface area contributed by atoms with Crippen LogP contribution in [0.3, 0.4) is 0 Å². The summed E-state index contributed by atoms with van der Waals surface area (Å²) >= 11 is 0. The van der Waals surface area contributed by atoms with Crippen LogP contribution in [0.2, 0.25) is 0 Å². The first-order valence-electron chi connectivity index (χ1n) is 8.42. The standard InChI is InChI=1S/C16H29N3O2.ClH/c1-12-10-17-8-7-14(12)19-16(21)11-18-15(20)9-13-5-3-2-4-6-13;/h12-14,17H,2-11H2,1H3,(H,18,20)(H,19,21);1H. The van der Waals surface area contributed by atoms with E-state index in [1.54, 1.807) is 0 Å². The number of halogens is 1. The third-order valence-electron chi connectivity index (χ3n) is 4.78. The lowest BCUT2D eigenvalue weighted by molar-refractivity contribution is -0.127. The lowest BCUT2D eigenvalue weighted by atomic mass is 9.87. The van der Waals surface area contributed by atoms with Gasteiger partial charge in [0.25, 0.3) is 0 Å². The highest BCUT2D eigenvalue weighted by atomic mass is 35.5. The molecule has 3 N–H and O–H groups in total. The maximum atomic E-state index is 11.9. The Morgan fingerprint density at radius 1 is 1.09 bits per heavy atom. The molecule has 128 valence electrons. The molecule has 2 unspecified atom stereocenters. The Bertz CT molecular complexity index is 359. The average Bonchev–Trinajstić information content (AvgIpc) is 2.49. The Morgan fingerprint density at radius 3 is 2.50 bits per heavy atom. The van der Waals surface area contributed by atoms with Gasteiger partial charge in [0.2, 0.25) is 11.8 Å². The Kier molecular flexibility index (Phi) is 8.79. The van der Waals surface area contributed by atoms with E-state index in [0.717, 1.165) is 32.4 Å². The Hall–Kier alpha value is -0.810. The van der Waals surface area contributed by atoms with Crippen LogP contribution < -0.4 is 16.0 Å². The van der Waals surface area contributed by atoms with Crippen molar-refractivity contribution >= 4 is 24.2 Å². The van der Waals surface area contributed by atoms with Gasteiger partial charge in [-0.3, -0.25) is 9.59 Å². The van der Waals surface area contributed by atoms with Crippen molar-refractivity contribution in [3.63, 3.8) is 0 Å². The van der Waals surface area contributed by atoms with Gasteiger partial charge in [0, 0.05) is 12.5 Å². The molecule has 0 aromatic carbocycles. The first kappa shape index (κ1) is 19.2. The van der Waals surface area contributed by atoms with Crippen LogP contribution in [0.5, 0.6) is 0 Å². The van der Waals surface area contributed by atoms with Crippen molar-refractivity contribution in [3.8, 4) is 0 Å². The summed E-state index contributed by atoms with van der Waals surface area (Å²) in [5, 5.41) is 9.11. The molecule has 0 bridgehead atoms. The van der Waals surface area contributed by atoms with Crippen molar-refractivity contribution in [2.45, 2.75) is 57.9 Å². The van der Waals surface area contributed by atoms with Crippen LogP contribution in [0.1, 0.15) is 51.9 Å². The predicted octanol–water partition coefficient (Wildman–Crippen LogP) is 1.61. The molecule has 6 heteroatoms. The smallest absolute Gasteiger partial charge is 0.239 e. The maximum Gasteiger partial charge on any atom is 0.239 e. The molecule has 1 aliphatic carbocycles. The topological polar surface area (TPSA) is 70.2 Å². The van der Waals surface area contributed by atoms with Crippen molar-refractivity contribution in [2.75, 3.05) is 19.6 Å². The molecule has 2 amide bonds. The summed E-state index contributed by atoms with van der Waals surface area (Å²) in [4.78, 5) is 23.8. The first-order chi connectivity index (χ1) is 10.1. The van der Waals surface area contributed by atoms with E-state index in [2.05, 4.69) is 22.9 Å². The molecule has 1 saturated carbocycles. The van der Waals surface area contributed by atoms with E-state index in [-0.39, 0.29) is 36.8 Å². The van der Waals surface area contributed by atoms with E-state index in [4.69, 9.17) is 0 Å². The van der Waals surface area contributed by atoms with Crippen LogP contribution in [0.15, 0.2) is 0 Å². The maximum absolute atomic E-state index is 11.9. The molecule has 2 atom stereocenters. The summed E-state index contributed by atoms with van der Waals surface area (Å²) in [6, 6.07) is 0.231. The van der Waals surface area contributed by atoms with Gasteiger partial charge < -0.3 is 16.0 Å². The molecule has 0 aromatic heterocycles. The second-order valence-electron chi connectivity index (χ2n) is 6.63. The fourth-order valence-corrected chi connectivity index (χ4v) is 3.39. The number of hydrogen-bond acceptors (Lipinski definition) is 3. The van der Waals surface area contributed by atoms with Gasteiger partial charge in [-0.25, -0.2) is 0 Å². The average molecular weight is 332 g/mol. The van der Waals surface area contributed by atoms with Gasteiger partial charge >= 0.3 is 0 Å². The zero-order chi connectivity index (χ0) is 15.1. The molecule has 5 nitrogen and oxygen atoms in total. The molecule has 1 heterocycles. The van der Waals surface area contributed by atoms with E-state index in [1.165, 1.54) is 19.3 Å². The first-order valence-corrected chi connectivity index (χ1v) is 8.42. The lowest BCUT2D eigenvalue weighted by Crippen LogP contribution is -2.50. The minimum atomic E-state index is -0.0641.